The van der Waals surface area contributed by atoms with Crippen LogP contribution >= 0.6 is 0 Å². The topological polar surface area (TPSA) is 116 Å². The molecule has 8 nitrogen and oxygen atoms in total. The van der Waals surface area contributed by atoms with E-state index in [9.17, 15) is 14.4 Å². The van der Waals surface area contributed by atoms with Gasteiger partial charge in [-0.05, 0) is 29.7 Å². The second kappa shape index (κ2) is 11.0. The molecule has 1 aromatic heterocycles. The minimum absolute atomic E-state index is 0.0364. The van der Waals surface area contributed by atoms with E-state index in [2.05, 4.69) is 56.3 Å². The number of aromatic nitrogens is 2. The number of H-pyrrole nitrogens is 1. The van der Waals surface area contributed by atoms with Crippen molar-refractivity contribution in [2.45, 2.75) is 44.6 Å². The number of unbranched alkanes of at least 4 members (excludes halogenated alkanes) is 2. The van der Waals surface area contributed by atoms with Crippen molar-refractivity contribution < 1.29 is 14.4 Å². The van der Waals surface area contributed by atoms with Gasteiger partial charge in [-0.2, -0.15) is 0 Å². The highest BCUT2D eigenvalue weighted by molar-refractivity contribution is 5.89. The van der Waals surface area contributed by atoms with Crippen LogP contribution in [0.1, 0.15) is 50.4 Å². The number of nitrogens with zero attached hydrogens (tertiary/aromatic N) is 1. The van der Waals surface area contributed by atoms with E-state index in [4.69, 9.17) is 0 Å². The second-order valence-electron chi connectivity index (χ2n) is 8.78. The van der Waals surface area contributed by atoms with Gasteiger partial charge in [0.05, 0.1) is 23.9 Å². The van der Waals surface area contributed by atoms with E-state index in [-0.39, 0.29) is 36.1 Å². The Labute approximate surface area is 198 Å². The summed E-state index contributed by atoms with van der Waals surface area (Å²) < 4.78 is 0. The Kier molecular flexibility index (Phi) is 7.57. The lowest BCUT2D eigenvalue weighted by molar-refractivity contribution is -0.127. The summed E-state index contributed by atoms with van der Waals surface area (Å²) in [5, 5.41) is 10.8. The Morgan fingerprint density at radius 2 is 1.94 bits per heavy atom. The molecule has 34 heavy (non-hydrogen) atoms. The normalized spacial score (nSPS) is 16.3. The molecule has 3 amide bonds. The molecule has 4 N–H and O–H groups in total. The number of amides is 3. The maximum Gasteiger partial charge on any atom is 0.226 e. The van der Waals surface area contributed by atoms with E-state index in [1.807, 2.05) is 12.1 Å². The molecule has 1 fully saturated rings. The smallest absolute Gasteiger partial charge is 0.226 e. The van der Waals surface area contributed by atoms with Crippen molar-refractivity contribution in [3.63, 3.8) is 0 Å². The third-order valence-corrected chi connectivity index (χ3v) is 6.33. The quantitative estimate of drug-likeness (QED) is 0.347. The first-order valence-corrected chi connectivity index (χ1v) is 11.8. The first-order chi connectivity index (χ1) is 16.5. The maximum atomic E-state index is 12.8. The van der Waals surface area contributed by atoms with E-state index < -0.39 is 0 Å². The summed E-state index contributed by atoms with van der Waals surface area (Å²) in [7, 11) is 1.64. The molecule has 2 aromatic carbocycles. The number of hydrogen-bond donors (Lipinski definition) is 4. The van der Waals surface area contributed by atoms with Crippen LogP contribution in [-0.2, 0) is 14.4 Å². The summed E-state index contributed by atoms with van der Waals surface area (Å²) in [4.78, 5) is 43.8. The SMILES string of the molecule is CNC(=O)CCCCC[C@H](NC(=O)C1CNC(=O)C1)c1ncc(-c2ccc3ccccc3c2)[nH]1. The Balaban J connectivity index is 1.46. The largest absolute Gasteiger partial charge is 0.359 e. The van der Waals surface area contributed by atoms with Gasteiger partial charge in [-0.25, -0.2) is 4.98 Å². The number of rotatable bonds is 10. The molecule has 2 atom stereocenters. The second-order valence-corrected chi connectivity index (χ2v) is 8.78. The molecule has 178 valence electrons. The zero-order valence-electron chi connectivity index (χ0n) is 19.4. The van der Waals surface area contributed by atoms with Gasteiger partial charge in [0.25, 0.3) is 0 Å². The standard InChI is InChI=1S/C26H31N5O3/c1-27-23(32)10-4-2-3-9-21(31-26(34)20-14-24(33)28-15-20)25-29-16-22(30-25)19-12-11-17-7-5-6-8-18(17)13-19/h5-8,11-13,16,20-21H,2-4,9-10,14-15H2,1H3,(H,27,32)(H,28,33)(H,29,30)(H,31,34)/t20?,21-/m0/s1. The molecule has 4 rings (SSSR count). The summed E-state index contributed by atoms with van der Waals surface area (Å²) in [6, 6.07) is 14.2. The van der Waals surface area contributed by atoms with Gasteiger partial charge in [0.15, 0.2) is 0 Å². The Morgan fingerprint density at radius 1 is 1.12 bits per heavy atom. The van der Waals surface area contributed by atoms with Crippen molar-refractivity contribution in [2.24, 2.45) is 5.92 Å². The number of imidazole rings is 1. The van der Waals surface area contributed by atoms with Gasteiger partial charge < -0.3 is 20.9 Å². The molecule has 0 radical (unpaired) electrons. The van der Waals surface area contributed by atoms with Gasteiger partial charge in [0.2, 0.25) is 17.7 Å². The van der Waals surface area contributed by atoms with Gasteiger partial charge in [0, 0.05) is 32.0 Å². The minimum atomic E-state index is -0.363. The van der Waals surface area contributed by atoms with Crippen LogP contribution in [0.25, 0.3) is 22.0 Å². The lowest BCUT2D eigenvalue weighted by Gasteiger charge is -2.19. The lowest BCUT2D eigenvalue weighted by Crippen LogP contribution is -2.35. The monoisotopic (exact) mass is 461 g/mol. The molecule has 3 aromatic rings. The average molecular weight is 462 g/mol. The summed E-state index contributed by atoms with van der Waals surface area (Å²) >= 11 is 0. The molecule has 0 bridgehead atoms. The predicted molar refractivity (Wildman–Crippen MR) is 131 cm³/mol. The molecule has 8 heteroatoms. The number of nitrogens with one attached hydrogen (secondary N) is 4. The highest BCUT2D eigenvalue weighted by Gasteiger charge is 2.30. The van der Waals surface area contributed by atoms with Crippen LogP contribution in [0.4, 0.5) is 0 Å². The molecule has 2 heterocycles. The fraction of sp³-hybridized carbons (Fsp3) is 0.385. The van der Waals surface area contributed by atoms with Crippen LogP contribution in [0.15, 0.2) is 48.7 Å². The number of carbonyl (C=O) groups is 3. The highest BCUT2D eigenvalue weighted by atomic mass is 16.2. The van der Waals surface area contributed by atoms with Gasteiger partial charge in [-0.3, -0.25) is 14.4 Å². The number of carbonyl (C=O) groups excluding carboxylic acids is 3. The summed E-state index contributed by atoms with van der Waals surface area (Å²) in [5.41, 5.74) is 1.91. The Bertz CT molecular complexity index is 1170. The number of hydrogen-bond acceptors (Lipinski definition) is 4. The van der Waals surface area contributed by atoms with E-state index in [0.29, 0.717) is 25.2 Å². The van der Waals surface area contributed by atoms with Crippen molar-refractivity contribution in [3.8, 4) is 11.3 Å². The van der Waals surface area contributed by atoms with E-state index >= 15 is 0 Å². The molecule has 1 unspecified atom stereocenters. The predicted octanol–water partition coefficient (Wildman–Crippen LogP) is 3.22. The molecular formula is C26H31N5O3. The van der Waals surface area contributed by atoms with Crippen molar-refractivity contribution >= 4 is 28.5 Å². The molecule has 0 saturated carbocycles. The van der Waals surface area contributed by atoms with Crippen molar-refractivity contribution in [1.82, 2.24) is 25.9 Å². The molecule has 0 spiro atoms. The molecular weight excluding hydrogens is 430 g/mol. The molecule has 1 saturated heterocycles. The third-order valence-electron chi connectivity index (χ3n) is 6.33. The highest BCUT2D eigenvalue weighted by Crippen LogP contribution is 2.26. The van der Waals surface area contributed by atoms with Crippen LogP contribution in [-0.4, -0.2) is 41.3 Å². The van der Waals surface area contributed by atoms with Crippen LogP contribution in [0.2, 0.25) is 0 Å². The van der Waals surface area contributed by atoms with E-state index in [1.165, 1.54) is 5.39 Å². The number of benzene rings is 2. The Hall–Kier alpha value is -3.68. The zero-order chi connectivity index (χ0) is 23.9. The summed E-state index contributed by atoms with van der Waals surface area (Å²) in [5.74, 6) is 0.132. The zero-order valence-corrected chi connectivity index (χ0v) is 19.4. The number of aromatic amines is 1. The fourth-order valence-corrected chi connectivity index (χ4v) is 4.31. The van der Waals surface area contributed by atoms with Crippen molar-refractivity contribution in [3.05, 3.63) is 54.5 Å². The van der Waals surface area contributed by atoms with Gasteiger partial charge in [0.1, 0.15) is 5.82 Å². The lowest BCUT2D eigenvalue weighted by atomic mass is 10.0. The first kappa shape index (κ1) is 23.5. The summed E-state index contributed by atoms with van der Waals surface area (Å²) in [6.07, 6.45) is 5.71. The van der Waals surface area contributed by atoms with Crippen LogP contribution < -0.4 is 16.0 Å². The van der Waals surface area contributed by atoms with Gasteiger partial charge >= 0.3 is 0 Å². The average Bonchev–Trinajstić information content (AvgIpc) is 3.52. The molecule has 1 aliphatic rings. The molecule has 0 aliphatic carbocycles. The van der Waals surface area contributed by atoms with E-state index in [1.54, 1.807) is 13.2 Å². The number of fused-ring (bicyclic) bond motifs is 1. The fourth-order valence-electron chi connectivity index (χ4n) is 4.31. The van der Waals surface area contributed by atoms with Gasteiger partial charge in [-0.1, -0.05) is 49.2 Å². The first-order valence-electron chi connectivity index (χ1n) is 11.8. The van der Waals surface area contributed by atoms with Gasteiger partial charge in [-0.15, -0.1) is 0 Å². The van der Waals surface area contributed by atoms with Crippen LogP contribution in [0.5, 0.6) is 0 Å². The third kappa shape index (κ3) is 5.81. The Morgan fingerprint density at radius 3 is 2.71 bits per heavy atom. The minimum Gasteiger partial charge on any atom is -0.359 e. The van der Waals surface area contributed by atoms with Crippen molar-refractivity contribution in [2.75, 3.05) is 13.6 Å². The van der Waals surface area contributed by atoms with Crippen LogP contribution in [0.3, 0.4) is 0 Å². The van der Waals surface area contributed by atoms with Crippen LogP contribution in [0, 0.1) is 5.92 Å². The van der Waals surface area contributed by atoms with E-state index in [0.717, 1.165) is 35.9 Å². The van der Waals surface area contributed by atoms with Crippen molar-refractivity contribution in [1.29, 1.82) is 0 Å². The molecule has 1 aliphatic heterocycles. The maximum absolute atomic E-state index is 12.8. The summed E-state index contributed by atoms with van der Waals surface area (Å²) in [6.45, 7) is 0.365.